The third-order valence-corrected chi connectivity index (χ3v) is 3.97. The fraction of sp³-hybridized carbons (Fsp3) is 0.500. The van der Waals surface area contributed by atoms with Gasteiger partial charge in [0, 0.05) is 7.05 Å². The molecule has 1 aromatic heterocycles. The van der Waals surface area contributed by atoms with Crippen LogP contribution in [-0.4, -0.2) is 25.0 Å². The van der Waals surface area contributed by atoms with Crippen LogP contribution in [0.2, 0.25) is 0 Å². The summed E-state index contributed by atoms with van der Waals surface area (Å²) in [6, 6.07) is 3.53. The molecule has 0 unspecified atom stereocenters. The lowest BCUT2D eigenvalue weighted by molar-refractivity contribution is 0.399. The van der Waals surface area contributed by atoms with Crippen LogP contribution in [0.25, 0.3) is 0 Å². The third kappa shape index (κ3) is 2.73. The molecule has 0 N–H and O–H groups in total. The molecule has 0 atom stereocenters. The molecule has 0 aliphatic carbocycles. The first-order valence-corrected chi connectivity index (χ1v) is 6.15. The Labute approximate surface area is 88.5 Å². The van der Waals surface area contributed by atoms with Crippen molar-refractivity contribution >= 4 is 21.6 Å². The average molecular weight is 238 g/mol. The van der Waals surface area contributed by atoms with E-state index in [4.69, 9.17) is 16.0 Å². The van der Waals surface area contributed by atoms with Gasteiger partial charge in [0.2, 0.25) is 10.0 Å². The fourth-order valence-electron chi connectivity index (χ4n) is 0.971. The van der Waals surface area contributed by atoms with Gasteiger partial charge < -0.3 is 4.42 Å². The van der Waals surface area contributed by atoms with E-state index in [1.807, 2.05) is 0 Å². The van der Waals surface area contributed by atoms with Gasteiger partial charge in [0.25, 0.3) is 0 Å². The van der Waals surface area contributed by atoms with Crippen LogP contribution < -0.4 is 0 Å². The molecule has 0 amide bonds. The summed E-state index contributed by atoms with van der Waals surface area (Å²) in [5.41, 5.74) is 0. The molecule has 1 rings (SSSR count). The second-order valence-electron chi connectivity index (χ2n) is 2.99. The number of alkyl halides is 1. The smallest absolute Gasteiger partial charge is 0.228 e. The summed E-state index contributed by atoms with van der Waals surface area (Å²) in [4.78, 5) is 0. The van der Waals surface area contributed by atoms with Gasteiger partial charge in [-0.3, -0.25) is 0 Å². The molecule has 14 heavy (non-hydrogen) atoms. The number of halogens is 1. The second kappa shape index (κ2) is 4.33. The SMILES string of the molecule is Cc1ccc(CN(C)S(=O)(=O)CCl)o1. The van der Waals surface area contributed by atoms with E-state index in [-0.39, 0.29) is 6.54 Å². The molecule has 0 saturated carbocycles. The summed E-state index contributed by atoms with van der Waals surface area (Å²) >= 11 is 5.30. The summed E-state index contributed by atoms with van der Waals surface area (Å²) in [7, 11) is -1.88. The maximum atomic E-state index is 11.3. The molecule has 0 aliphatic rings. The van der Waals surface area contributed by atoms with Crippen molar-refractivity contribution in [3.63, 3.8) is 0 Å². The zero-order chi connectivity index (χ0) is 10.8. The van der Waals surface area contributed by atoms with Gasteiger partial charge in [0.05, 0.1) is 6.54 Å². The van der Waals surface area contributed by atoms with E-state index in [9.17, 15) is 8.42 Å². The molecule has 0 saturated heterocycles. The first kappa shape index (κ1) is 11.6. The van der Waals surface area contributed by atoms with Crippen LogP contribution in [-0.2, 0) is 16.6 Å². The van der Waals surface area contributed by atoms with Crippen molar-refractivity contribution < 1.29 is 12.8 Å². The van der Waals surface area contributed by atoms with Gasteiger partial charge in [-0.25, -0.2) is 8.42 Å². The monoisotopic (exact) mass is 237 g/mol. The number of sulfonamides is 1. The second-order valence-corrected chi connectivity index (χ2v) is 5.65. The minimum atomic E-state index is -3.35. The minimum Gasteiger partial charge on any atom is -0.465 e. The topological polar surface area (TPSA) is 50.5 Å². The standard InChI is InChI=1S/C8H12ClNO3S/c1-7-3-4-8(13-7)5-10(2)14(11,12)6-9/h3-4H,5-6H2,1-2H3. The maximum Gasteiger partial charge on any atom is 0.228 e. The maximum absolute atomic E-state index is 11.3. The Hall–Kier alpha value is -0.520. The molecular formula is C8H12ClNO3S. The Morgan fingerprint density at radius 2 is 2.14 bits per heavy atom. The lowest BCUT2D eigenvalue weighted by atomic mass is 10.4. The van der Waals surface area contributed by atoms with Crippen molar-refractivity contribution in [1.29, 1.82) is 0 Å². The molecule has 4 nitrogen and oxygen atoms in total. The Morgan fingerprint density at radius 1 is 1.50 bits per heavy atom. The number of rotatable bonds is 4. The van der Waals surface area contributed by atoms with Crippen molar-refractivity contribution in [2.24, 2.45) is 0 Å². The van der Waals surface area contributed by atoms with Crippen LogP contribution >= 0.6 is 11.6 Å². The van der Waals surface area contributed by atoms with E-state index in [0.717, 1.165) is 10.1 Å². The van der Waals surface area contributed by atoms with Gasteiger partial charge in [0.1, 0.15) is 16.7 Å². The minimum absolute atomic E-state index is 0.211. The molecule has 0 aromatic carbocycles. The molecule has 1 aromatic rings. The van der Waals surface area contributed by atoms with Gasteiger partial charge in [-0.15, -0.1) is 11.6 Å². The highest BCUT2D eigenvalue weighted by atomic mass is 35.5. The van der Waals surface area contributed by atoms with Crippen LogP contribution in [0.1, 0.15) is 11.5 Å². The zero-order valence-electron chi connectivity index (χ0n) is 8.03. The van der Waals surface area contributed by atoms with Crippen molar-refractivity contribution in [1.82, 2.24) is 4.31 Å². The summed E-state index contributed by atoms with van der Waals surface area (Å²) in [6.45, 7) is 2.02. The summed E-state index contributed by atoms with van der Waals surface area (Å²) in [5, 5.41) is -0.414. The fourth-order valence-corrected chi connectivity index (χ4v) is 1.96. The first-order chi connectivity index (χ1) is 6.45. The van der Waals surface area contributed by atoms with Gasteiger partial charge in [-0.05, 0) is 19.1 Å². The van der Waals surface area contributed by atoms with E-state index in [1.54, 1.807) is 19.1 Å². The van der Waals surface area contributed by atoms with Gasteiger partial charge >= 0.3 is 0 Å². The van der Waals surface area contributed by atoms with E-state index in [1.165, 1.54) is 7.05 Å². The molecule has 0 spiro atoms. The average Bonchev–Trinajstić information content (AvgIpc) is 2.51. The highest BCUT2D eigenvalue weighted by Crippen LogP contribution is 2.11. The lowest BCUT2D eigenvalue weighted by Crippen LogP contribution is -2.26. The Bertz CT molecular complexity index is 398. The molecule has 0 fully saturated rings. The summed E-state index contributed by atoms with van der Waals surface area (Å²) < 4.78 is 28.9. The van der Waals surface area contributed by atoms with E-state index in [2.05, 4.69) is 0 Å². The Morgan fingerprint density at radius 3 is 2.57 bits per heavy atom. The number of furan rings is 1. The molecule has 0 radical (unpaired) electrons. The molecular weight excluding hydrogens is 226 g/mol. The van der Waals surface area contributed by atoms with Crippen molar-refractivity contribution in [3.8, 4) is 0 Å². The molecule has 0 aliphatic heterocycles. The zero-order valence-corrected chi connectivity index (χ0v) is 9.60. The van der Waals surface area contributed by atoms with Crippen LogP contribution in [0.5, 0.6) is 0 Å². The van der Waals surface area contributed by atoms with Crippen LogP contribution in [0.15, 0.2) is 16.5 Å². The van der Waals surface area contributed by atoms with Crippen LogP contribution in [0, 0.1) is 6.92 Å². The normalized spacial score (nSPS) is 12.3. The van der Waals surface area contributed by atoms with Crippen molar-refractivity contribution in [2.45, 2.75) is 13.5 Å². The first-order valence-electron chi connectivity index (χ1n) is 4.01. The van der Waals surface area contributed by atoms with Gasteiger partial charge in [0.15, 0.2) is 0 Å². The Kier molecular flexibility index (Phi) is 3.58. The van der Waals surface area contributed by atoms with Gasteiger partial charge in [-0.2, -0.15) is 4.31 Å². The summed E-state index contributed by atoms with van der Waals surface area (Å²) in [5.74, 6) is 1.37. The molecule has 0 bridgehead atoms. The quantitative estimate of drug-likeness (QED) is 0.747. The van der Waals surface area contributed by atoms with Crippen molar-refractivity contribution in [2.75, 3.05) is 12.3 Å². The molecule has 6 heteroatoms. The third-order valence-electron chi connectivity index (χ3n) is 1.79. The Balaban J connectivity index is 2.71. The number of nitrogens with zero attached hydrogens (tertiary/aromatic N) is 1. The number of aryl methyl sites for hydroxylation is 1. The van der Waals surface area contributed by atoms with E-state index < -0.39 is 15.2 Å². The van der Waals surface area contributed by atoms with Gasteiger partial charge in [-0.1, -0.05) is 0 Å². The van der Waals surface area contributed by atoms with E-state index >= 15 is 0 Å². The summed E-state index contributed by atoms with van der Waals surface area (Å²) in [6.07, 6.45) is 0. The largest absolute Gasteiger partial charge is 0.465 e. The van der Waals surface area contributed by atoms with Crippen molar-refractivity contribution in [3.05, 3.63) is 23.7 Å². The predicted octanol–water partition coefficient (Wildman–Crippen LogP) is 1.55. The van der Waals surface area contributed by atoms with Crippen LogP contribution in [0.4, 0.5) is 0 Å². The van der Waals surface area contributed by atoms with E-state index in [0.29, 0.717) is 5.76 Å². The van der Waals surface area contributed by atoms with Crippen LogP contribution in [0.3, 0.4) is 0 Å². The highest BCUT2D eigenvalue weighted by molar-refractivity contribution is 7.90. The molecule has 1 heterocycles. The molecule has 80 valence electrons. The predicted molar refractivity (Wildman–Crippen MR) is 54.6 cm³/mol. The number of hydrogen-bond donors (Lipinski definition) is 0. The lowest BCUT2D eigenvalue weighted by Gasteiger charge is -2.13. The highest BCUT2D eigenvalue weighted by Gasteiger charge is 2.17. The number of hydrogen-bond acceptors (Lipinski definition) is 3.